The van der Waals surface area contributed by atoms with Crippen molar-refractivity contribution in [2.75, 3.05) is 6.54 Å². The monoisotopic (exact) mass is 553 g/mol. The van der Waals surface area contributed by atoms with Gasteiger partial charge in [-0.1, -0.05) is 40.2 Å². The predicted octanol–water partition coefficient (Wildman–Crippen LogP) is 5.27. The molecule has 2 N–H and O–H groups in total. The molecule has 11 nitrogen and oxygen atoms in total. The van der Waals surface area contributed by atoms with Crippen LogP contribution in [0.3, 0.4) is 0 Å². The summed E-state index contributed by atoms with van der Waals surface area (Å²) in [4.78, 5) is 48.5. The van der Waals surface area contributed by atoms with Gasteiger partial charge in [0.1, 0.15) is 24.4 Å². The Hall–Kier alpha value is -3.34. The topological polar surface area (TPSA) is 147 Å². The molecule has 1 aromatic carbocycles. The van der Waals surface area contributed by atoms with Crippen LogP contribution in [0.1, 0.15) is 79.7 Å². The predicted molar refractivity (Wildman–Crippen MR) is 143 cm³/mol. The molecule has 0 amide bonds. The number of hydrogen-bond donors (Lipinski definition) is 2. The van der Waals surface area contributed by atoms with E-state index in [1.807, 2.05) is 20.8 Å². The molecule has 0 aliphatic rings. The summed E-state index contributed by atoms with van der Waals surface area (Å²) in [6, 6.07) is 3.29. The Kier molecular flexibility index (Phi) is 14.9. The van der Waals surface area contributed by atoms with Gasteiger partial charge in [0.25, 0.3) is 0 Å². The number of aliphatic carboxylic acids is 1. The lowest BCUT2D eigenvalue weighted by Gasteiger charge is -2.20. The molecule has 0 heterocycles. The Balaban J connectivity index is 3.01. The molecule has 5 atom stereocenters. The van der Waals surface area contributed by atoms with Crippen molar-refractivity contribution in [1.82, 2.24) is 5.32 Å². The summed E-state index contributed by atoms with van der Waals surface area (Å²) < 4.78 is 26.2. The third kappa shape index (κ3) is 12.8. The summed E-state index contributed by atoms with van der Waals surface area (Å²) in [6.45, 7) is 12.7. The minimum absolute atomic E-state index is 0.00337. The van der Waals surface area contributed by atoms with E-state index in [0.717, 1.165) is 6.42 Å². The van der Waals surface area contributed by atoms with Crippen LogP contribution in [0.15, 0.2) is 18.2 Å². The van der Waals surface area contributed by atoms with Gasteiger partial charge in [-0.2, -0.15) is 0 Å². The molecule has 39 heavy (non-hydrogen) atoms. The summed E-state index contributed by atoms with van der Waals surface area (Å²) >= 11 is 0. The Bertz CT molecular complexity index is 950. The molecule has 1 aromatic rings. The van der Waals surface area contributed by atoms with Gasteiger partial charge >= 0.3 is 24.2 Å². The van der Waals surface area contributed by atoms with Crippen molar-refractivity contribution in [2.24, 2.45) is 5.92 Å². The van der Waals surface area contributed by atoms with E-state index >= 15 is 0 Å². The minimum atomic E-state index is -1.12. The molecular formula is C28H43NO10. The molecule has 1 rings (SSSR count). The van der Waals surface area contributed by atoms with E-state index in [1.165, 1.54) is 12.1 Å². The lowest BCUT2D eigenvalue weighted by atomic mass is 10.0. The molecule has 0 fully saturated rings. The first kappa shape index (κ1) is 33.7. The third-order valence-corrected chi connectivity index (χ3v) is 5.97. The summed E-state index contributed by atoms with van der Waals surface area (Å²) in [6.07, 6.45) is -0.584. The molecule has 0 saturated heterocycles. The summed E-state index contributed by atoms with van der Waals surface area (Å²) in [5.74, 6) is -1.90. The quantitative estimate of drug-likeness (QED) is 0.157. The maximum atomic E-state index is 12.3. The van der Waals surface area contributed by atoms with E-state index in [4.69, 9.17) is 23.7 Å². The number of carboxylic acids is 1. The van der Waals surface area contributed by atoms with Crippen LogP contribution in [-0.2, 0) is 30.2 Å². The van der Waals surface area contributed by atoms with Gasteiger partial charge in [0, 0.05) is 6.54 Å². The molecule has 11 heteroatoms. The van der Waals surface area contributed by atoms with Crippen LogP contribution >= 0.6 is 0 Å². The summed E-state index contributed by atoms with van der Waals surface area (Å²) in [5, 5.41) is 12.6. The van der Waals surface area contributed by atoms with Crippen molar-refractivity contribution >= 4 is 24.2 Å². The van der Waals surface area contributed by atoms with Gasteiger partial charge < -0.3 is 34.1 Å². The lowest BCUT2D eigenvalue weighted by molar-refractivity contribution is -0.152. The zero-order chi connectivity index (χ0) is 29.5. The van der Waals surface area contributed by atoms with Gasteiger partial charge in [-0.05, 0) is 64.2 Å². The first-order valence-corrected chi connectivity index (χ1v) is 13.5. The Labute approximate surface area is 230 Å². The van der Waals surface area contributed by atoms with Gasteiger partial charge in [-0.3, -0.25) is 9.59 Å². The van der Waals surface area contributed by atoms with E-state index in [2.05, 4.69) is 5.32 Å². The number of carboxylic acid groups (broad SMARTS) is 1. The summed E-state index contributed by atoms with van der Waals surface area (Å²) in [5.41, 5.74) is 0.477. The molecule has 0 bridgehead atoms. The average Bonchev–Trinajstić information content (AvgIpc) is 2.87. The van der Waals surface area contributed by atoms with Crippen LogP contribution in [0.2, 0.25) is 0 Å². The number of nitrogens with one attached hydrogen (secondary N) is 1. The number of carbonyl (C=O) groups is 4. The number of ether oxygens (including phenoxy) is 5. The second-order valence-corrected chi connectivity index (χ2v) is 9.60. The number of hydrogen-bond acceptors (Lipinski definition) is 10. The van der Waals surface area contributed by atoms with Crippen LogP contribution in [-0.4, -0.2) is 60.3 Å². The van der Waals surface area contributed by atoms with Crippen molar-refractivity contribution in [1.29, 1.82) is 0 Å². The average molecular weight is 554 g/mol. The van der Waals surface area contributed by atoms with Crippen LogP contribution < -0.4 is 14.8 Å². The molecule has 0 aliphatic carbocycles. The maximum absolute atomic E-state index is 12.3. The number of carbonyl (C=O) groups excluding carboxylic acids is 3. The van der Waals surface area contributed by atoms with Crippen molar-refractivity contribution in [3.63, 3.8) is 0 Å². The van der Waals surface area contributed by atoms with Gasteiger partial charge in [0.2, 0.25) is 0 Å². The van der Waals surface area contributed by atoms with Crippen molar-refractivity contribution in [2.45, 2.75) is 105 Å². The van der Waals surface area contributed by atoms with E-state index in [9.17, 15) is 24.3 Å². The zero-order valence-electron chi connectivity index (χ0n) is 24.0. The molecule has 0 saturated carbocycles. The fourth-order valence-electron chi connectivity index (χ4n) is 3.26. The molecule has 0 aromatic heterocycles. The standard InChI is InChI=1S/C28H43NO10/c1-8-11-17(4)26(32)35-20(7)16-29-22(25(30)31)14-21-12-13-23(38-27(33)36-18(5)9-2)24(15-21)39-28(34)37-19(6)10-3/h12-13,15,17-20,22,29H,8-11,14,16H2,1-7H3,(H,30,31)/t17?,18?,19?,20?,22-/m0/s1. The van der Waals surface area contributed by atoms with Gasteiger partial charge in [-0.15, -0.1) is 0 Å². The van der Waals surface area contributed by atoms with Crippen LogP contribution in [0.25, 0.3) is 0 Å². The number of benzene rings is 1. The Morgan fingerprint density at radius 2 is 1.38 bits per heavy atom. The fourth-order valence-corrected chi connectivity index (χ4v) is 3.26. The lowest BCUT2D eigenvalue weighted by Crippen LogP contribution is -2.43. The molecule has 0 aliphatic heterocycles. The van der Waals surface area contributed by atoms with E-state index in [0.29, 0.717) is 24.8 Å². The molecule has 220 valence electrons. The van der Waals surface area contributed by atoms with Crippen LogP contribution in [0, 0.1) is 5.92 Å². The second kappa shape index (κ2) is 17.3. The highest BCUT2D eigenvalue weighted by atomic mass is 16.7. The highest BCUT2D eigenvalue weighted by Crippen LogP contribution is 2.30. The molecule has 4 unspecified atom stereocenters. The van der Waals surface area contributed by atoms with Gasteiger partial charge in [-0.25, -0.2) is 9.59 Å². The van der Waals surface area contributed by atoms with Crippen molar-refractivity contribution in [3.05, 3.63) is 23.8 Å². The van der Waals surface area contributed by atoms with Crippen LogP contribution in [0.4, 0.5) is 9.59 Å². The maximum Gasteiger partial charge on any atom is 0.514 e. The van der Waals surface area contributed by atoms with Gasteiger partial charge in [0.15, 0.2) is 11.5 Å². The fraction of sp³-hybridized carbons (Fsp3) is 0.643. The number of esters is 1. The molecular weight excluding hydrogens is 510 g/mol. The van der Waals surface area contributed by atoms with Gasteiger partial charge in [0.05, 0.1) is 5.92 Å². The highest BCUT2D eigenvalue weighted by Gasteiger charge is 2.23. The van der Waals surface area contributed by atoms with E-state index < -0.39 is 36.5 Å². The zero-order valence-corrected chi connectivity index (χ0v) is 24.0. The van der Waals surface area contributed by atoms with Crippen LogP contribution in [0.5, 0.6) is 11.5 Å². The normalized spacial score (nSPS) is 14.7. The van der Waals surface area contributed by atoms with E-state index in [1.54, 1.807) is 33.8 Å². The minimum Gasteiger partial charge on any atom is -0.480 e. The number of rotatable bonds is 16. The van der Waals surface area contributed by atoms with Crippen molar-refractivity contribution < 1.29 is 48.0 Å². The van der Waals surface area contributed by atoms with E-state index in [-0.39, 0.29) is 42.5 Å². The molecule has 0 radical (unpaired) electrons. The highest BCUT2D eigenvalue weighted by molar-refractivity contribution is 5.74. The Morgan fingerprint density at radius 3 is 1.90 bits per heavy atom. The summed E-state index contributed by atoms with van der Waals surface area (Å²) in [7, 11) is 0. The third-order valence-electron chi connectivity index (χ3n) is 5.97. The smallest absolute Gasteiger partial charge is 0.480 e. The first-order valence-electron chi connectivity index (χ1n) is 13.5. The molecule has 0 spiro atoms. The largest absolute Gasteiger partial charge is 0.514 e. The first-order chi connectivity index (χ1) is 18.4. The van der Waals surface area contributed by atoms with Crippen molar-refractivity contribution in [3.8, 4) is 11.5 Å². The second-order valence-electron chi connectivity index (χ2n) is 9.60. The Morgan fingerprint density at radius 1 is 0.821 bits per heavy atom. The SMILES string of the molecule is CCCC(C)C(=O)OC(C)CN[C@@H](Cc1ccc(OC(=O)OC(C)CC)c(OC(=O)OC(C)CC)c1)C(=O)O.